The van der Waals surface area contributed by atoms with E-state index >= 15 is 0 Å². The summed E-state index contributed by atoms with van der Waals surface area (Å²) in [6.45, 7) is 3.85. The van der Waals surface area contributed by atoms with Gasteiger partial charge in [0.15, 0.2) is 0 Å². The van der Waals surface area contributed by atoms with Gasteiger partial charge < -0.3 is 67.8 Å². The molecule has 0 atom stereocenters. The lowest BCUT2D eigenvalue weighted by atomic mass is 10.2. The van der Waals surface area contributed by atoms with E-state index in [1.165, 1.54) is 0 Å². The van der Waals surface area contributed by atoms with E-state index in [1.54, 1.807) is 0 Å². The Morgan fingerprint density at radius 3 is 0.545 bits per heavy atom. The molecule has 6 saturated heterocycles. The fourth-order valence-electron chi connectivity index (χ4n) is 11.6. The first kappa shape index (κ1) is 61.2. The average molecular weight is 1350 g/mol. The molecule has 0 saturated carbocycles. The van der Waals surface area contributed by atoms with E-state index in [0.717, 1.165) is 0 Å². The summed E-state index contributed by atoms with van der Waals surface area (Å²) in [5.74, 6) is -1.90. The van der Waals surface area contributed by atoms with Gasteiger partial charge in [-0.2, -0.15) is 0 Å². The first-order chi connectivity index (χ1) is 42.6. The van der Waals surface area contributed by atoms with Crippen LogP contribution in [0, 0.1) is 0 Å². The highest BCUT2D eigenvalue weighted by atomic mass is 28.6. The normalized spacial score (nSPS) is 32.6. The molecule has 6 fully saturated rings. The third-order valence-corrected chi connectivity index (χ3v) is 59.2. The summed E-state index contributed by atoms with van der Waals surface area (Å²) in [6.07, 6.45) is 0.910. The van der Waals surface area contributed by atoms with Gasteiger partial charge in [0.05, 0.1) is 0 Å². The molecule has 6 aliphatic heterocycles. The molecule has 8 aromatic rings. The Morgan fingerprint density at radius 2 is 0.398 bits per heavy atom. The highest BCUT2D eigenvalue weighted by Gasteiger charge is 2.83. The van der Waals surface area contributed by atoms with Crippen molar-refractivity contribution in [3.63, 3.8) is 0 Å². The zero-order valence-electron chi connectivity index (χ0n) is 48.2. The minimum absolute atomic E-state index is 0.125. The molecule has 452 valence electrons. The minimum atomic E-state index is -5.30. The minimum Gasteiger partial charge on any atom is -0.481 e. The van der Waals surface area contributed by atoms with Crippen LogP contribution in [-0.4, -0.2) is 110 Å². The van der Waals surface area contributed by atoms with E-state index in [-0.39, 0.29) is 37.8 Å². The van der Waals surface area contributed by atoms with Crippen LogP contribution in [-0.2, 0) is 67.2 Å². The number of carbonyl (C=O) groups is 2. The van der Waals surface area contributed by atoms with Gasteiger partial charge in [0, 0.05) is 54.3 Å². The molecule has 6 aliphatic rings. The van der Waals surface area contributed by atoms with Gasteiger partial charge in [0.1, 0.15) is 0 Å². The van der Waals surface area contributed by atoms with Gasteiger partial charge in [0.25, 0.3) is 0 Å². The Balaban J connectivity index is 1.29. The van der Waals surface area contributed by atoms with E-state index in [9.17, 15) is 19.8 Å². The maximum absolute atomic E-state index is 12.4. The molecule has 0 aromatic heterocycles. The molecule has 0 radical (unpaired) electrons. The second-order valence-electron chi connectivity index (χ2n) is 22.3. The van der Waals surface area contributed by atoms with Crippen LogP contribution in [0.2, 0.25) is 25.2 Å². The number of carboxylic acid groups (broad SMARTS) is 2. The number of unbranched alkanes of at least 4 members (excludes halogenated alkanes) is 2. The third-order valence-electron chi connectivity index (χ3n) is 15.7. The molecule has 8 bridgehead atoms. The fourth-order valence-corrected chi connectivity index (χ4v) is 68.5. The zero-order chi connectivity index (χ0) is 60.6. The van der Waals surface area contributed by atoms with E-state index < -0.39 is 99.5 Å². The number of carboxylic acids is 2. The maximum Gasteiger partial charge on any atom is 0.515 e. The van der Waals surface area contributed by atoms with Gasteiger partial charge in [0.2, 0.25) is 0 Å². The Kier molecular flexibility index (Phi) is 17.0. The summed E-state index contributed by atoms with van der Waals surface area (Å²) in [4.78, 5) is 24.8. The predicted molar refractivity (Wildman–Crippen MR) is 346 cm³/mol. The van der Waals surface area contributed by atoms with Crippen molar-refractivity contribution >= 4 is 141 Å². The first-order valence-electron chi connectivity index (χ1n) is 29.3. The van der Waals surface area contributed by atoms with Crippen molar-refractivity contribution in [2.45, 2.75) is 63.7 Å². The quantitative estimate of drug-likeness (QED) is 0.0780. The monoisotopic (exact) mass is 1350 g/mol. The standard InChI is InChI=1S/C60H64O18Si10/c1-79(49-29-27-47-59(61)62)65-81(51-31-11-3-12-32-51)69-85(55-39-19-7-20-40-55)73-83(53-35-15-5-16-36-53)67-80(2,50-30-28-48-60(63)64)68-84(54-37-17-6-18-38-54)75-87(77-85,57-43-23-9-24-44-57)71-82(66-79,52-33-13-4-14-34-52)72-88(76-84,58-45-25-10-26-46-58)78-86(70-81,74-83)56-41-21-8-22-42-56/h3-26,31-46H,27-30,47-50H2,1-2H3,(H,61,62)(H,63,64). The Labute approximate surface area is 521 Å². The maximum atomic E-state index is 12.4. The van der Waals surface area contributed by atoms with Crippen molar-refractivity contribution in [1.29, 1.82) is 0 Å². The molecule has 0 amide bonds. The van der Waals surface area contributed by atoms with Crippen LogP contribution < -0.4 is 41.5 Å². The topological polar surface area (TPSA) is 204 Å². The second-order valence-corrected chi connectivity index (χ2v) is 52.8. The van der Waals surface area contributed by atoms with Gasteiger partial charge in [-0.15, -0.1) is 0 Å². The van der Waals surface area contributed by atoms with E-state index in [2.05, 4.69) is 0 Å². The molecule has 2 N–H and O–H groups in total. The number of rotatable bonds is 18. The Bertz CT molecular complexity index is 3240. The Hall–Kier alpha value is -5.69. The van der Waals surface area contributed by atoms with Crippen LogP contribution >= 0.6 is 0 Å². The van der Waals surface area contributed by atoms with Crippen LogP contribution in [0.5, 0.6) is 0 Å². The molecular formula is C60H64O18Si10. The van der Waals surface area contributed by atoms with Crippen LogP contribution in [0.1, 0.15) is 38.5 Å². The molecule has 14 rings (SSSR count). The molecule has 28 heteroatoms. The van der Waals surface area contributed by atoms with Crippen molar-refractivity contribution in [3.05, 3.63) is 243 Å². The summed E-state index contributed by atoms with van der Waals surface area (Å²) >= 11 is 0. The van der Waals surface area contributed by atoms with Crippen LogP contribution in [0.15, 0.2) is 243 Å². The van der Waals surface area contributed by atoms with Gasteiger partial charge in [-0.1, -0.05) is 255 Å². The van der Waals surface area contributed by atoms with E-state index in [1.807, 2.05) is 256 Å². The number of fused-ring (bicyclic) bond motifs is 4. The van der Waals surface area contributed by atoms with Gasteiger partial charge in [-0.05, 0) is 38.0 Å². The zero-order valence-corrected chi connectivity index (χ0v) is 58.2. The summed E-state index contributed by atoms with van der Waals surface area (Å²) < 4.78 is 118. The first-order valence-corrected chi connectivity index (χ1v) is 48.1. The molecular weight excluding hydrogens is 1290 g/mol. The number of aliphatic carboxylic acids is 2. The smallest absolute Gasteiger partial charge is 0.481 e. The third kappa shape index (κ3) is 11.9. The lowest BCUT2D eigenvalue weighted by Gasteiger charge is -2.61. The lowest BCUT2D eigenvalue weighted by molar-refractivity contribution is -0.138. The van der Waals surface area contributed by atoms with Crippen LogP contribution in [0.25, 0.3) is 0 Å². The Morgan fingerprint density at radius 1 is 0.250 bits per heavy atom. The largest absolute Gasteiger partial charge is 0.515 e. The molecule has 8 aromatic carbocycles. The number of benzene rings is 8. The van der Waals surface area contributed by atoms with Crippen molar-refractivity contribution in [1.82, 2.24) is 0 Å². The van der Waals surface area contributed by atoms with Crippen LogP contribution in [0.3, 0.4) is 0 Å². The molecule has 18 nitrogen and oxygen atoms in total. The van der Waals surface area contributed by atoms with Gasteiger partial charge in [-0.25, -0.2) is 0 Å². The molecule has 0 unspecified atom stereocenters. The van der Waals surface area contributed by atoms with Crippen molar-refractivity contribution < 1.29 is 77.4 Å². The van der Waals surface area contributed by atoms with Crippen LogP contribution in [0.4, 0.5) is 0 Å². The van der Waals surface area contributed by atoms with E-state index in [0.29, 0.717) is 54.3 Å². The number of hydrogen-bond acceptors (Lipinski definition) is 16. The van der Waals surface area contributed by atoms with Crippen molar-refractivity contribution in [3.8, 4) is 0 Å². The van der Waals surface area contributed by atoms with E-state index in [4.69, 9.17) is 57.6 Å². The molecule has 88 heavy (non-hydrogen) atoms. The molecule has 6 heterocycles. The molecule has 0 spiro atoms. The predicted octanol–water partition coefficient (Wildman–Crippen LogP) is 5.71. The summed E-state index contributed by atoms with van der Waals surface area (Å²) in [6, 6.07) is 75.6. The number of hydrogen-bond donors (Lipinski definition) is 2. The summed E-state index contributed by atoms with van der Waals surface area (Å²) in [5, 5.41) is 23.8. The van der Waals surface area contributed by atoms with Crippen molar-refractivity contribution in [2.75, 3.05) is 0 Å². The van der Waals surface area contributed by atoms with Gasteiger partial charge in [-0.3, -0.25) is 9.59 Å². The lowest BCUT2D eigenvalue weighted by Crippen LogP contribution is -2.93. The highest BCUT2D eigenvalue weighted by Crippen LogP contribution is 2.48. The summed E-state index contributed by atoms with van der Waals surface area (Å²) in [7, 11) is -50.2. The SMILES string of the molecule is C[Si]1(CCCCC(=O)O)O[Si]2(c3ccccc3)O[Si]3(c4ccccc4)O[Si]4(c5ccccc5)O[Si](C)(CCCCC(=O)O)O[Si]5(c6ccccc6)O[Si](c6ccccc6)(O[Si](c6ccccc6)(O1)O[Si](c1ccccc1)(O5)O[Si](c1ccccc1)(O2)O4)O3. The highest BCUT2D eigenvalue weighted by molar-refractivity contribution is 7.12. The van der Waals surface area contributed by atoms with Gasteiger partial charge >= 0.3 is 99.5 Å². The fraction of sp³-hybridized carbons (Fsp3) is 0.167. The summed E-state index contributed by atoms with van der Waals surface area (Å²) in [5.41, 5.74) is 0. The molecule has 0 aliphatic carbocycles. The van der Waals surface area contributed by atoms with Crippen molar-refractivity contribution in [2.24, 2.45) is 0 Å². The average Bonchev–Trinajstić information content (AvgIpc) is 0.698. The second kappa shape index (κ2) is 24.5.